The standard InChI is InChI=1S/C15H23NS/c1-2-4-7-12(6-3-1)16-14-8-5-9-15-13(14)10-11-17-15/h10-12,14,16H,1-9H2. The van der Waals surface area contributed by atoms with Crippen LogP contribution in [0.2, 0.25) is 0 Å². The first-order valence-corrected chi connectivity index (χ1v) is 8.14. The number of aryl methyl sites for hydroxylation is 1. The zero-order chi connectivity index (χ0) is 11.5. The summed E-state index contributed by atoms with van der Waals surface area (Å²) in [6, 6.07) is 3.80. The molecule has 1 unspecified atom stereocenters. The number of hydrogen-bond donors (Lipinski definition) is 1. The van der Waals surface area contributed by atoms with Crippen LogP contribution in [0.4, 0.5) is 0 Å². The van der Waals surface area contributed by atoms with Crippen LogP contribution in [0.1, 0.15) is 67.8 Å². The monoisotopic (exact) mass is 249 g/mol. The molecule has 2 heteroatoms. The summed E-state index contributed by atoms with van der Waals surface area (Å²) in [6.07, 6.45) is 12.6. The van der Waals surface area contributed by atoms with E-state index in [0.29, 0.717) is 6.04 Å². The fraction of sp³-hybridized carbons (Fsp3) is 0.733. The lowest BCUT2D eigenvalue weighted by atomic mass is 9.92. The van der Waals surface area contributed by atoms with Crippen LogP contribution in [0, 0.1) is 0 Å². The van der Waals surface area contributed by atoms with E-state index in [9.17, 15) is 0 Å². The summed E-state index contributed by atoms with van der Waals surface area (Å²) in [5.74, 6) is 0. The van der Waals surface area contributed by atoms with Crippen molar-refractivity contribution in [1.82, 2.24) is 5.32 Å². The lowest BCUT2D eigenvalue weighted by molar-refractivity contribution is 0.370. The molecular formula is C15H23NS. The summed E-state index contributed by atoms with van der Waals surface area (Å²) in [6.45, 7) is 0. The van der Waals surface area contributed by atoms with Gasteiger partial charge in [-0.3, -0.25) is 0 Å². The van der Waals surface area contributed by atoms with Gasteiger partial charge in [0, 0.05) is 17.0 Å². The molecule has 1 nitrogen and oxygen atoms in total. The molecule has 1 aromatic rings. The zero-order valence-corrected chi connectivity index (χ0v) is 11.4. The molecule has 0 bridgehead atoms. The third-order valence-electron chi connectivity index (χ3n) is 4.34. The third-order valence-corrected chi connectivity index (χ3v) is 5.34. The summed E-state index contributed by atoms with van der Waals surface area (Å²) in [7, 11) is 0. The fourth-order valence-electron chi connectivity index (χ4n) is 3.39. The molecule has 1 heterocycles. The Bertz CT molecular complexity index is 350. The van der Waals surface area contributed by atoms with Gasteiger partial charge in [-0.25, -0.2) is 0 Å². The van der Waals surface area contributed by atoms with Crippen molar-refractivity contribution >= 4 is 11.3 Å². The molecule has 1 aromatic heterocycles. The third kappa shape index (κ3) is 2.74. The Hall–Kier alpha value is -0.340. The number of nitrogens with one attached hydrogen (secondary N) is 1. The molecule has 1 N–H and O–H groups in total. The predicted molar refractivity (Wildman–Crippen MR) is 74.6 cm³/mol. The summed E-state index contributed by atoms with van der Waals surface area (Å²) >= 11 is 1.96. The Morgan fingerprint density at radius 1 is 1.00 bits per heavy atom. The van der Waals surface area contributed by atoms with Gasteiger partial charge in [0.15, 0.2) is 0 Å². The summed E-state index contributed by atoms with van der Waals surface area (Å²) in [5, 5.41) is 6.22. The Labute approximate surface area is 109 Å². The first-order valence-electron chi connectivity index (χ1n) is 7.26. The smallest absolute Gasteiger partial charge is 0.0333 e. The highest BCUT2D eigenvalue weighted by Crippen LogP contribution is 2.34. The van der Waals surface area contributed by atoms with Gasteiger partial charge in [0.2, 0.25) is 0 Å². The van der Waals surface area contributed by atoms with Crippen LogP contribution in [-0.2, 0) is 6.42 Å². The molecule has 1 fully saturated rings. The van der Waals surface area contributed by atoms with Crippen LogP contribution in [0.25, 0.3) is 0 Å². The number of thiophene rings is 1. The highest BCUT2D eigenvalue weighted by molar-refractivity contribution is 7.10. The molecule has 0 aliphatic heterocycles. The van der Waals surface area contributed by atoms with Crippen molar-refractivity contribution in [2.45, 2.75) is 69.9 Å². The van der Waals surface area contributed by atoms with E-state index in [4.69, 9.17) is 0 Å². The second-order valence-corrected chi connectivity index (χ2v) is 6.60. The molecule has 2 aliphatic carbocycles. The number of hydrogen-bond acceptors (Lipinski definition) is 2. The SMILES string of the molecule is c1cc2c(s1)CCCC2NC1CCCCCC1. The topological polar surface area (TPSA) is 12.0 Å². The Balaban J connectivity index is 1.65. The van der Waals surface area contributed by atoms with Crippen LogP contribution >= 0.6 is 11.3 Å². The van der Waals surface area contributed by atoms with Crippen LogP contribution in [-0.4, -0.2) is 6.04 Å². The first kappa shape index (κ1) is 11.7. The molecule has 17 heavy (non-hydrogen) atoms. The van der Waals surface area contributed by atoms with Crippen molar-refractivity contribution in [2.75, 3.05) is 0 Å². The second-order valence-electron chi connectivity index (χ2n) is 5.60. The van der Waals surface area contributed by atoms with Gasteiger partial charge in [-0.05, 0) is 49.1 Å². The Morgan fingerprint density at radius 2 is 1.82 bits per heavy atom. The molecule has 0 aromatic carbocycles. The highest BCUT2D eigenvalue weighted by Gasteiger charge is 2.23. The molecule has 0 saturated heterocycles. The molecular weight excluding hydrogens is 226 g/mol. The van der Waals surface area contributed by atoms with Gasteiger partial charge < -0.3 is 5.32 Å². The largest absolute Gasteiger partial charge is 0.307 e. The average Bonchev–Trinajstić information content (AvgIpc) is 2.69. The van der Waals surface area contributed by atoms with Crippen molar-refractivity contribution < 1.29 is 0 Å². The molecule has 0 spiro atoms. The summed E-state index contributed by atoms with van der Waals surface area (Å²) in [4.78, 5) is 1.64. The minimum absolute atomic E-state index is 0.660. The summed E-state index contributed by atoms with van der Waals surface area (Å²) in [5.41, 5.74) is 1.62. The van der Waals surface area contributed by atoms with Crippen molar-refractivity contribution in [2.24, 2.45) is 0 Å². The number of fused-ring (bicyclic) bond motifs is 1. The zero-order valence-electron chi connectivity index (χ0n) is 10.6. The van der Waals surface area contributed by atoms with Gasteiger partial charge in [-0.15, -0.1) is 11.3 Å². The van der Waals surface area contributed by atoms with Crippen LogP contribution in [0.3, 0.4) is 0 Å². The molecule has 94 valence electrons. The molecule has 0 amide bonds. The van der Waals surface area contributed by atoms with Gasteiger partial charge in [-0.2, -0.15) is 0 Å². The minimum Gasteiger partial charge on any atom is -0.307 e. The van der Waals surface area contributed by atoms with Gasteiger partial charge in [-0.1, -0.05) is 25.7 Å². The van der Waals surface area contributed by atoms with Crippen molar-refractivity contribution in [3.63, 3.8) is 0 Å². The van der Waals surface area contributed by atoms with Gasteiger partial charge >= 0.3 is 0 Å². The maximum atomic E-state index is 3.95. The normalized spacial score (nSPS) is 26.5. The summed E-state index contributed by atoms with van der Waals surface area (Å²) < 4.78 is 0. The van der Waals surface area contributed by atoms with Gasteiger partial charge in [0.05, 0.1) is 0 Å². The van der Waals surface area contributed by atoms with E-state index in [1.807, 2.05) is 11.3 Å². The molecule has 1 atom stereocenters. The first-order chi connectivity index (χ1) is 8.43. The fourth-order valence-corrected chi connectivity index (χ4v) is 4.38. The predicted octanol–water partition coefficient (Wildman–Crippen LogP) is 4.44. The van der Waals surface area contributed by atoms with Crippen molar-refractivity contribution in [3.8, 4) is 0 Å². The molecule has 2 aliphatic rings. The second kappa shape index (κ2) is 5.53. The highest BCUT2D eigenvalue weighted by atomic mass is 32.1. The van der Waals surface area contributed by atoms with Crippen molar-refractivity contribution in [1.29, 1.82) is 0 Å². The molecule has 3 rings (SSSR count). The molecule has 1 saturated carbocycles. The van der Waals surface area contributed by atoms with E-state index in [-0.39, 0.29) is 0 Å². The maximum Gasteiger partial charge on any atom is 0.0333 e. The van der Waals surface area contributed by atoms with E-state index in [2.05, 4.69) is 16.8 Å². The van der Waals surface area contributed by atoms with E-state index in [1.165, 1.54) is 57.8 Å². The number of rotatable bonds is 2. The lowest BCUT2D eigenvalue weighted by Crippen LogP contribution is -2.33. The van der Waals surface area contributed by atoms with Crippen LogP contribution in [0.5, 0.6) is 0 Å². The maximum absolute atomic E-state index is 3.95. The van der Waals surface area contributed by atoms with E-state index in [1.54, 1.807) is 10.4 Å². The van der Waals surface area contributed by atoms with Crippen molar-refractivity contribution in [3.05, 3.63) is 21.9 Å². The van der Waals surface area contributed by atoms with E-state index >= 15 is 0 Å². The Kier molecular flexibility index (Phi) is 3.82. The lowest BCUT2D eigenvalue weighted by Gasteiger charge is -2.28. The average molecular weight is 249 g/mol. The van der Waals surface area contributed by atoms with E-state index < -0.39 is 0 Å². The van der Waals surface area contributed by atoms with Gasteiger partial charge in [0.1, 0.15) is 0 Å². The molecule has 0 radical (unpaired) electrons. The van der Waals surface area contributed by atoms with Crippen LogP contribution in [0.15, 0.2) is 11.4 Å². The van der Waals surface area contributed by atoms with E-state index in [0.717, 1.165) is 6.04 Å². The Morgan fingerprint density at radius 3 is 2.65 bits per heavy atom. The quantitative estimate of drug-likeness (QED) is 0.764. The minimum atomic E-state index is 0.660. The van der Waals surface area contributed by atoms with Crippen LogP contribution < -0.4 is 5.32 Å². The van der Waals surface area contributed by atoms with Gasteiger partial charge in [0.25, 0.3) is 0 Å².